The maximum absolute atomic E-state index is 12.5. The zero-order valence-electron chi connectivity index (χ0n) is 9.76. The molecular weight excluding hydrogens is 301 g/mol. The minimum atomic E-state index is -4.47. The maximum Gasteiger partial charge on any atom is 0.416 e. The van der Waals surface area contributed by atoms with Crippen LogP contribution in [0.25, 0.3) is 0 Å². The fourth-order valence-corrected chi connectivity index (χ4v) is 1.97. The first-order valence-electron chi connectivity index (χ1n) is 5.29. The quantitative estimate of drug-likeness (QED) is 0.822. The number of thioether (sulfide) groups is 1. The second kappa shape index (κ2) is 7.02. The number of carbonyl (C=O) groups excluding carboxylic acids is 1. The Morgan fingerprint density at radius 1 is 1.42 bits per heavy atom. The minimum absolute atomic E-state index is 0.0464. The number of hydrogen-bond donors (Lipinski definition) is 2. The van der Waals surface area contributed by atoms with Crippen molar-refractivity contribution in [1.29, 1.82) is 0 Å². The lowest BCUT2D eigenvalue weighted by Crippen LogP contribution is -2.16. The van der Waals surface area contributed by atoms with E-state index < -0.39 is 17.6 Å². The SMILES string of the molecule is NCCSCC(=O)Nc1cc(C(F)(F)F)ccc1Cl. The van der Waals surface area contributed by atoms with E-state index in [0.717, 1.165) is 18.2 Å². The smallest absolute Gasteiger partial charge is 0.330 e. The Bertz CT molecular complexity index is 454. The number of benzene rings is 1. The van der Waals surface area contributed by atoms with E-state index in [0.29, 0.717) is 12.3 Å². The molecule has 0 spiro atoms. The summed E-state index contributed by atoms with van der Waals surface area (Å²) < 4.78 is 37.5. The number of rotatable bonds is 5. The van der Waals surface area contributed by atoms with Gasteiger partial charge in [0, 0.05) is 12.3 Å². The Kier molecular flexibility index (Phi) is 5.96. The average Bonchev–Trinajstić information content (AvgIpc) is 2.31. The van der Waals surface area contributed by atoms with Crippen molar-refractivity contribution in [3.63, 3.8) is 0 Å². The van der Waals surface area contributed by atoms with E-state index in [-0.39, 0.29) is 16.5 Å². The summed E-state index contributed by atoms with van der Waals surface area (Å²) >= 11 is 7.04. The molecule has 0 radical (unpaired) electrons. The third kappa shape index (κ3) is 5.30. The third-order valence-corrected chi connectivity index (χ3v) is 3.38. The highest BCUT2D eigenvalue weighted by Crippen LogP contribution is 2.33. The average molecular weight is 313 g/mol. The highest BCUT2D eigenvalue weighted by molar-refractivity contribution is 7.99. The van der Waals surface area contributed by atoms with E-state index in [2.05, 4.69) is 5.32 Å². The molecule has 0 aromatic heterocycles. The highest BCUT2D eigenvalue weighted by atomic mass is 35.5. The number of amides is 1. The maximum atomic E-state index is 12.5. The predicted molar refractivity (Wildman–Crippen MR) is 71.5 cm³/mol. The molecule has 1 amide bonds. The van der Waals surface area contributed by atoms with Gasteiger partial charge >= 0.3 is 6.18 Å². The lowest BCUT2D eigenvalue weighted by molar-refractivity contribution is -0.137. The Balaban J connectivity index is 2.74. The molecule has 0 unspecified atom stereocenters. The van der Waals surface area contributed by atoms with Crippen molar-refractivity contribution in [1.82, 2.24) is 0 Å². The summed E-state index contributed by atoms with van der Waals surface area (Å²) in [5, 5.41) is 2.41. The van der Waals surface area contributed by atoms with Gasteiger partial charge in [-0.05, 0) is 18.2 Å². The summed E-state index contributed by atoms with van der Waals surface area (Å²) in [6, 6.07) is 2.78. The number of anilines is 1. The van der Waals surface area contributed by atoms with Crippen LogP contribution in [0.1, 0.15) is 5.56 Å². The molecule has 0 aliphatic carbocycles. The molecular formula is C11H12ClF3N2OS. The number of alkyl halides is 3. The summed E-state index contributed by atoms with van der Waals surface area (Å²) in [6.45, 7) is 0.433. The van der Waals surface area contributed by atoms with Crippen molar-refractivity contribution >= 4 is 35.0 Å². The van der Waals surface area contributed by atoms with Crippen LogP contribution in [0.2, 0.25) is 5.02 Å². The topological polar surface area (TPSA) is 55.1 Å². The van der Waals surface area contributed by atoms with Gasteiger partial charge in [-0.3, -0.25) is 4.79 Å². The van der Waals surface area contributed by atoms with E-state index in [9.17, 15) is 18.0 Å². The first-order chi connectivity index (χ1) is 8.84. The lowest BCUT2D eigenvalue weighted by atomic mass is 10.2. The molecule has 0 aliphatic heterocycles. The first kappa shape index (κ1) is 16.1. The van der Waals surface area contributed by atoms with Gasteiger partial charge in [-0.15, -0.1) is 0 Å². The summed E-state index contributed by atoms with van der Waals surface area (Å²) in [4.78, 5) is 11.5. The Morgan fingerprint density at radius 3 is 2.68 bits per heavy atom. The van der Waals surface area contributed by atoms with Gasteiger partial charge < -0.3 is 11.1 Å². The predicted octanol–water partition coefficient (Wildman–Crippen LogP) is 2.99. The molecule has 19 heavy (non-hydrogen) atoms. The van der Waals surface area contributed by atoms with Gasteiger partial charge in [-0.2, -0.15) is 24.9 Å². The molecule has 1 aromatic carbocycles. The van der Waals surface area contributed by atoms with Gasteiger partial charge in [0.15, 0.2) is 0 Å². The fourth-order valence-electron chi connectivity index (χ4n) is 1.23. The van der Waals surface area contributed by atoms with Crippen molar-refractivity contribution in [3.05, 3.63) is 28.8 Å². The number of nitrogens with two attached hydrogens (primary N) is 1. The molecule has 1 aromatic rings. The molecule has 3 N–H and O–H groups in total. The van der Waals surface area contributed by atoms with Crippen LogP contribution >= 0.6 is 23.4 Å². The van der Waals surface area contributed by atoms with Crippen LogP contribution < -0.4 is 11.1 Å². The normalized spacial score (nSPS) is 11.4. The van der Waals surface area contributed by atoms with Crippen LogP contribution in [0.3, 0.4) is 0 Å². The standard InChI is InChI=1S/C11H12ClF3N2OS/c12-8-2-1-7(11(13,14)15)5-9(8)17-10(18)6-19-4-3-16/h1-2,5H,3-4,6,16H2,(H,17,18). The second-order valence-electron chi connectivity index (χ2n) is 3.58. The van der Waals surface area contributed by atoms with E-state index in [1.165, 1.54) is 11.8 Å². The third-order valence-electron chi connectivity index (χ3n) is 2.06. The van der Waals surface area contributed by atoms with Crippen molar-refractivity contribution in [2.45, 2.75) is 6.18 Å². The van der Waals surface area contributed by atoms with Crippen LogP contribution in [-0.2, 0) is 11.0 Å². The summed E-state index contributed by atoms with van der Waals surface area (Å²) in [7, 11) is 0. The molecule has 0 aliphatic rings. The largest absolute Gasteiger partial charge is 0.416 e. The van der Waals surface area contributed by atoms with E-state index in [1.807, 2.05) is 0 Å². The zero-order chi connectivity index (χ0) is 14.5. The molecule has 1 rings (SSSR count). The molecule has 0 bridgehead atoms. The second-order valence-corrected chi connectivity index (χ2v) is 5.09. The zero-order valence-corrected chi connectivity index (χ0v) is 11.3. The van der Waals surface area contributed by atoms with Crippen molar-refractivity contribution < 1.29 is 18.0 Å². The molecule has 3 nitrogen and oxygen atoms in total. The van der Waals surface area contributed by atoms with Crippen LogP contribution in [0.5, 0.6) is 0 Å². The molecule has 0 atom stereocenters. The summed E-state index contributed by atoms with van der Waals surface area (Å²) in [5.41, 5.74) is 4.35. The summed E-state index contributed by atoms with van der Waals surface area (Å²) in [5.74, 6) is 0.299. The molecule has 8 heteroatoms. The minimum Gasteiger partial charge on any atom is -0.330 e. The van der Waals surface area contributed by atoms with Crippen molar-refractivity contribution in [3.8, 4) is 0 Å². The van der Waals surface area contributed by atoms with Gasteiger partial charge in [0.05, 0.1) is 22.0 Å². The number of carbonyl (C=O) groups is 1. The van der Waals surface area contributed by atoms with Gasteiger partial charge in [0.2, 0.25) is 5.91 Å². The van der Waals surface area contributed by atoms with Gasteiger partial charge in [-0.25, -0.2) is 0 Å². The molecule has 0 saturated heterocycles. The Morgan fingerprint density at radius 2 is 2.11 bits per heavy atom. The number of nitrogens with one attached hydrogen (secondary N) is 1. The monoisotopic (exact) mass is 312 g/mol. The van der Waals surface area contributed by atoms with E-state index >= 15 is 0 Å². The molecule has 106 valence electrons. The molecule has 0 heterocycles. The number of hydrogen-bond acceptors (Lipinski definition) is 3. The fraction of sp³-hybridized carbons (Fsp3) is 0.364. The molecule has 0 saturated carbocycles. The van der Waals surface area contributed by atoms with Gasteiger partial charge in [0.1, 0.15) is 0 Å². The van der Waals surface area contributed by atoms with Gasteiger partial charge in [0.25, 0.3) is 0 Å². The van der Waals surface area contributed by atoms with Crippen molar-refractivity contribution in [2.75, 3.05) is 23.4 Å². The van der Waals surface area contributed by atoms with Gasteiger partial charge in [-0.1, -0.05) is 11.6 Å². The lowest BCUT2D eigenvalue weighted by Gasteiger charge is -2.11. The Labute approximate surface area is 117 Å². The summed E-state index contributed by atoms with van der Waals surface area (Å²) in [6.07, 6.45) is -4.47. The number of halogens is 4. The van der Waals surface area contributed by atoms with E-state index in [4.69, 9.17) is 17.3 Å². The van der Waals surface area contributed by atoms with E-state index in [1.54, 1.807) is 0 Å². The van der Waals surface area contributed by atoms with Crippen LogP contribution in [0.15, 0.2) is 18.2 Å². The van der Waals surface area contributed by atoms with Crippen LogP contribution in [0.4, 0.5) is 18.9 Å². The van der Waals surface area contributed by atoms with Crippen LogP contribution in [0, 0.1) is 0 Å². The van der Waals surface area contributed by atoms with Crippen LogP contribution in [-0.4, -0.2) is 24.0 Å². The first-order valence-corrected chi connectivity index (χ1v) is 6.82. The Hall–Kier alpha value is -0.920. The molecule has 0 fully saturated rings. The van der Waals surface area contributed by atoms with Crippen molar-refractivity contribution in [2.24, 2.45) is 5.73 Å². The highest BCUT2D eigenvalue weighted by Gasteiger charge is 2.31.